The molecule has 2 aliphatic heterocycles. The maximum atomic E-state index is 13.4. The smallest absolute Gasteiger partial charge is 0.256 e. The molecule has 0 saturated carbocycles. The summed E-state index contributed by atoms with van der Waals surface area (Å²) in [5.41, 5.74) is 2.76. The number of carbonyl (C=O) groups excluding carboxylic acids is 3. The number of amides is 3. The second-order valence-electron chi connectivity index (χ2n) is 8.52. The van der Waals surface area contributed by atoms with Crippen LogP contribution in [0.25, 0.3) is 0 Å². The third kappa shape index (κ3) is 5.24. The van der Waals surface area contributed by atoms with E-state index in [1.165, 1.54) is 6.42 Å². The highest BCUT2D eigenvalue weighted by Gasteiger charge is 2.41. The molecule has 1 fully saturated rings. The summed E-state index contributed by atoms with van der Waals surface area (Å²) in [5.74, 6) is 2.04. The van der Waals surface area contributed by atoms with Crippen LogP contribution in [-0.2, 0) is 11.3 Å². The molecule has 174 valence electrons. The molecule has 4 rings (SSSR count). The molecular formula is C26H31N3O3S. The predicted molar refractivity (Wildman–Crippen MR) is 133 cm³/mol. The Bertz CT molecular complexity index is 1010. The van der Waals surface area contributed by atoms with Crippen LogP contribution in [0.2, 0.25) is 0 Å². The van der Waals surface area contributed by atoms with E-state index in [0.717, 1.165) is 29.9 Å². The molecular weight excluding hydrogens is 434 g/mol. The molecule has 7 heteroatoms. The number of rotatable bonds is 9. The Balaban J connectivity index is 1.44. The first-order chi connectivity index (χ1) is 16.1. The van der Waals surface area contributed by atoms with Crippen LogP contribution in [0.3, 0.4) is 0 Å². The molecule has 2 aromatic rings. The fourth-order valence-corrected chi connectivity index (χ4v) is 5.28. The molecule has 0 unspecified atom stereocenters. The average Bonchev–Trinajstić information content (AvgIpc) is 3.31. The largest absolute Gasteiger partial charge is 0.352 e. The van der Waals surface area contributed by atoms with Crippen molar-refractivity contribution < 1.29 is 14.4 Å². The zero-order chi connectivity index (χ0) is 23.2. The van der Waals surface area contributed by atoms with E-state index in [4.69, 9.17) is 0 Å². The summed E-state index contributed by atoms with van der Waals surface area (Å²) >= 11 is 1.91. The first-order valence-electron chi connectivity index (χ1n) is 11.8. The van der Waals surface area contributed by atoms with Gasteiger partial charge in [-0.1, -0.05) is 31.2 Å². The fourth-order valence-electron chi connectivity index (χ4n) is 4.44. The average molecular weight is 466 g/mol. The summed E-state index contributed by atoms with van der Waals surface area (Å²) in [7, 11) is 0. The van der Waals surface area contributed by atoms with Crippen LogP contribution in [0.4, 0.5) is 5.69 Å². The van der Waals surface area contributed by atoms with E-state index in [1.54, 1.807) is 28.0 Å². The predicted octanol–water partition coefficient (Wildman–Crippen LogP) is 4.10. The number of thioether (sulfide) groups is 1. The van der Waals surface area contributed by atoms with Crippen LogP contribution in [0.5, 0.6) is 0 Å². The van der Waals surface area contributed by atoms with Gasteiger partial charge in [-0.05, 0) is 67.0 Å². The van der Waals surface area contributed by atoms with Gasteiger partial charge in [0, 0.05) is 18.7 Å². The van der Waals surface area contributed by atoms with E-state index in [2.05, 4.69) is 12.2 Å². The van der Waals surface area contributed by atoms with E-state index in [9.17, 15) is 14.4 Å². The summed E-state index contributed by atoms with van der Waals surface area (Å²) in [6, 6.07) is 14.3. The van der Waals surface area contributed by atoms with Crippen LogP contribution in [0, 0.1) is 0 Å². The summed E-state index contributed by atoms with van der Waals surface area (Å²) in [6.07, 6.45) is 3.68. The van der Waals surface area contributed by atoms with Crippen LogP contribution in [-0.4, -0.2) is 53.3 Å². The van der Waals surface area contributed by atoms with E-state index in [0.29, 0.717) is 42.9 Å². The third-order valence-corrected chi connectivity index (χ3v) is 7.42. The third-order valence-electron chi connectivity index (χ3n) is 6.15. The zero-order valence-electron chi connectivity index (χ0n) is 19.1. The number of hydrogen-bond donors (Lipinski definition) is 1. The SMILES string of the molecule is CCCSCCCNC(=O)c1ccc(CN2C(=O)[C@@H]3CCCN3C(=O)c3ccccc32)cc1. The summed E-state index contributed by atoms with van der Waals surface area (Å²) in [5, 5.41) is 2.98. The van der Waals surface area contributed by atoms with Gasteiger partial charge in [-0.25, -0.2) is 0 Å². The molecule has 0 radical (unpaired) electrons. The lowest BCUT2D eigenvalue weighted by Gasteiger charge is -2.26. The molecule has 2 aromatic carbocycles. The van der Waals surface area contributed by atoms with Gasteiger partial charge in [0.1, 0.15) is 6.04 Å². The van der Waals surface area contributed by atoms with Crippen LogP contribution >= 0.6 is 11.8 Å². The van der Waals surface area contributed by atoms with Gasteiger partial charge < -0.3 is 15.1 Å². The van der Waals surface area contributed by atoms with Crippen molar-refractivity contribution in [1.29, 1.82) is 0 Å². The zero-order valence-corrected chi connectivity index (χ0v) is 19.9. The normalized spacial score (nSPS) is 17.5. The van der Waals surface area contributed by atoms with E-state index in [-0.39, 0.29) is 17.7 Å². The Morgan fingerprint density at radius 3 is 2.67 bits per heavy atom. The second-order valence-corrected chi connectivity index (χ2v) is 9.74. The maximum absolute atomic E-state index is 13.4. The van der Waals surface area contributed by atoms with Crippen molar-refractivity contribution in [3.8, 4) is 0 Å². The van der Waals surface area contributed by atoms with Crippen LogP contribution in [0.15, 0.2) is 48.5 Å². The van der Waals surface area contributed by atoms with Crippen LogP contribution < -0.4 is 10.2 Å². The minimum Gasteiger partial charge on any atom is -0.352 e. The van der Waals surface area contributed by atoms with E-state index >= 15 is 0 Å². The molecule has 0 aromatic heterocycles. The topological polar surface area (TPSA) is 69.7 Å². The molecule has 33 heavy (non-hydrogen) atoms. The summed E-state index contributed by atoms with van der Waals surface area (Å²) in [4.78, 5) is 42.3. The molecule has 3 amide bonds. The number of fused-ring (bicyclic) bond motifs is 2. The minimum atomic E-state index is -0.398. The number of benzene rings is 2. The Hall–Kier alpha value is -2.80. The number of nitrogens with one attached hydrogen (secondary N) is 1. The van der Waals surface area contributed by atoms with Gasteiger partial charge in [-0.2, -0.15) is 11.8 Å². The lowest BCUT2D eigenvalue weighted by atomic mass is 10.1. The van der Waals surface area contributed by atoms with Gasteiger partial charge in [-0.3, -0.25) is 14.4 Å². The van der Waals surface area contributed by atoms with Gasteiger partial charge in [-0.15, -0.1) is 0 Å². The first-order valence-corrected chi connectivity index (χ1v) is 12.9. The maximum Gasteiger partial charge on any atom is 0.256 e. The lowest BCUT2D eigenvalue weighted by molar-refractivity contribution is -0.122. The summed E-state index contributed by atoms with van der Waals surface area (Å²) < 4.78 is 0. The molecule has 0 spiro atoms. The van der Waals surface area contributed by atoms with Crippen molar-refractivity contribution in [1.82, 2.24) is 10.2 Å². The second kappa shape index (κ2) is 10.9. The van der Waals surface area contributed by atoms with Crippen molar-refractivity contribution in [3.05, 3.63) is 65.2 Å². The number of anilines is 1. The number of nitrogens with zero attached hydrogens (tertiary/aromatic N) is 2. The van der Waals surface area contributed by atoms with Crippen molar-refractivity contribution in [2.45, 2.75) is 45.2 Å². The molecule has 1 saturated heterocycles. The Morgan fingerprint density at radius 1 is 1.09 bits per heavy atom. The molecule has 2 aliphatic rings. The first kappa shape index (κ1) is 23.4. The van der Waals surface area contributed by atoms with Gasteiger partial charge >= 0.3 is 0 Å². The monoisotopic (exact) mass is 465 g/mol. The quantitative estimate of drug-likeness (QED) is 0.566. The van der Waals surface area contributed by atoms with Gasteiger partial charge in [0.2, 0.25) is 5.91 Å². The molecule has 1 atom stereocenters. The fraction of sp³-hybridized carbons (Fsp3) is 0.423. The molecule has 0 bridgehead atoms. The standard InChI is InChI=1S/C26H31N3O3S/c1-2-16-33-17-6-14-27-24(30)20-12-10-19(11-13-20)18-29-22-8-4-3-7-21(22)25(31)28-15-5-9-23(28)26(29)32/h3-4,7-8,10-13,23H,2,5-6,9,14-18H2,1H3,(H,27,30)/t23-/m0/s1. The lowest BCUT2D eigenvalue weighted by Crippen LogP contribution is -2.44. The van der Waals surface area contributed by atoms with Gasteiger partial charge in [0.15, 0.2) is 0 Å². The van der Waals surface area contributed by atoms with Gasteiger partial charge in [0.25, 0.3) is 11.8 Å². The van der Waals surface area contributed by atoms with Crippen LogP contribution in [0.1, 0.15) is 58.9 Å². The molecule has 1 N–H and O–H groups in total. The highest BCUT2D eigenvalue weighted by Crippen LogP contribution is 2.33. The number of hydrogen-bond acceptors (Lipinski definition) is 4. The summed E-state index contributed by atoms with van der Waals surface area (Å²) in [6.45, 7) is 3.83. The highest BCUT2D eigenvalue weighted by molar-refractivity contribution is 7.99. The van der Waals surface area contributed by atoms with Gasteiger partial charge in [0.05, 0.1) is 17.8 Å². The molecule has 6 nitrogen and oxygen atoms in total. The van der Waals surface area contributed by atoms with E-state index < -0.39 is 6.04 Å². The number of para-hydroxylation sites is 1. The Kier molecular flexibility index (Phi) is 7.70. The number of carbonyl (C=O) groups is 3. The van der Waals surface area contributed by atoms with Crippen molar-refractivity contribution in [3.63, 3.8) is 0 Å². The highest BCUT2D eigenvalue weighted by atomic mass is 32.2. The molecule has 0 aliphatic carbocycles. The Morgan fingerprint density at radius 2 is 1.88 bits per heavy atom. The minimum absolute atomic E-state index is 0.0337. The Labute approximate surface area is 199 Å². The molecule has 2 heterocycles. The van der Waals surface area contributed by atoms with Crippen molar-refractivity contribution in [2.24, 2.45) is 0 Å². The van der Waals surface area contributed by atoms with E-state index in [1.807, 2.05) is 42.1 Å². The van der Waals surface area contributed by atoms with Crippen molar-refractivity contribution in [2.75, 3.05) is 29.5 Å². The van der Waals surface area contributed by atoms with Crippen molar-refractivity contribution >= 4 is 35.2 Å².